The van der Waals surface area contributed by atoms with Gasteiger partial charge in [-0.3, -0.25) is 0 Å². The number of rotatable bonds is 2. The summed E-state index contributed by atoms with van der Waals surface area (Å²) in [4.78, 5) is 0. The van der Waals surface area contributed by atoms with E-state index in [4.69, 9.17) is 0 Å². The van der Waals surface area contributed by atoms with Gasteiger partial charge in [0, 0.05) is 13.9 Å². The largest absolute Gasteiger partial charge is 0.299 e. The van der Waals surface area contributed by atoms with Gasteiger partial charge in [-0.25, -0.2) is 0 Å². The van der Waals surface area contributed by atoms with Gasteiger partial charge in [-0.15, -0.1) is 0 Å². The molecule has 2 heterocycles. The highest BCUT2D eigenvalue weighted by Gasteiger charge is 2.41. The molecule has 0 amide bonds. The topological polar surface area (TPSA) is 8.81 Å². The van der Waals surface area contributed by atoms with Gasteiger partial charge in [0.1, 0.15) is 17.1 Å². The number of para-hydroxylation sites is 2. The van der Waals surface area contributed by atoms with Crippen molar-refractivity contribution in [1.82, 2.24) is 4.57 Å². The van der Waals surface area contributed by atoms with Gasteiger partial charge in [-0.1, -0.05) is 61.5 Å². The van der Waals surface area contributed by atoms with Crippen molar-refractivity contribution in [2.45, 2.75) is 26.7 Å². The van der Waals surface area contributed by atoms with Crippen LogP contribution in [0.15, 0.2) is 78.9 Å². The summed E-state index contributed by atoms with van der Waals surface area (Å²) in [5.74, 6) is 0.309. The summed E-state index contributed by atoms with van der Waals surface area (Å²) >= 11 is 0. The molecule has 2 heteroatoms. The summed E-state index contributed by atoms with van der Waals surface area (Å²) in [6, 6.07) is 27.3. The van der Waals surface area contributed by atoms with Crippen molar-refractivity contribution >= 4 is 0 Å². The maximum atomic E-state index is 9.25. The van der Waals surface area contributed by atoms with Gasteiger partial charge in [-0.2, -0.15) is 9.13 Å². The Bertz CT molecular complexity index is 1200. The molecular weight excluding hydrogens is 328 g/mol. The minimum absolute atomic E-state index is 0.794. The standard InChI is InChI=1S/C25H23N2/c1-17-11-7-9-15-22(17)26-19(3)24-18(2)21-14-8-10-16-23(21)27(24)25(26)20-12-5-4-6-13-20/h4-16,18H,1-3H3/q+1/i18D. The third-order valence-corrected chi connectivity index (χ3v) is 5.62. The highest BCUT2D eigenvalue weighted by Crippen LogP contribution is 2.42. The third-order valence-electron chi connectivity index (χ3n) is 5.62. The molecule has 1 atom stereocenters. The normalized spacial score (nSPS) is 18.1. The first-order valence-electron chi connectivity index (χ1n) is 9.91. The molecule has 5 rings (SSSR count). The Balaban J connectivity index is 1.96. The second kappa shape index (κ2) is 5.95. The second-order valence-electron chi connectivity index (χ2n) is 7.22. The van der Waals surface area contributed by atoms with Crippen LogP contribution in [-0.2, 0) is 0 Å². The van der Waals surface area contributed by atoms with Crippen molar-refractivity contribution in [3.05, 3.63) is 101 Å². The van der Waals surface area contributed by atoms with Gasteiger partial charge in [0.2, 0.25) is 0 Å². The van der Waals surface area contributed by atoms with E-state index in [1.807, 2.05) is 19.1 Å². The lowest BCUT2D eigenvalue weighted by Crippen LogP contribution is -2.36. The van der Waals surface area contributed by atoms with E-state index in [-0.39, 0.29) is 0 Å². The highest BCUT2D eigenvalue weighted by atomic mass is 15.2. The van der Waals surface area contributed by atoms with Crippen molar-refractivity contribution in [3.8, 4) is 22.8 Å². The van der Waals surface area contributed by atoms with Crippen LogP contribution in [0.1, 0.15) is 36.7 Å². The average Bonchev–Trinajstić information content (AvgIpc) is 3.14. The summed E-state index contributed by atoms with van der Waals surface area (Å²) in [5, 5.41) is 0. The minimum Gasteiger partial charge on any atom is -0.192 e. The molecule has 0 fully saturated rings. The van der Waals surface area contributed by atoms with Crippen LogP contribution >= 0.6 is 0 Å². The maximum Gasteiger partial charge on any atom is 0.299 e. The van der Waals surface area contributed by atoms with Crippen molar-refractivity contribution in [2.24, 2.45) is 0 Å². The van der Waals surface area contributed by atoms with Crippen molar-refractivity contribution in [3.63, 3.8) is 0 Å². The molecule has 1 aromatic heterocycles. The van der Waals surface area contributed by atoms with Crippen LogP contribution < -0.4 is 4.57 Å². The Morgan fingerprint density at radius 2 is 1.52 bits per heavy atom. The summed E-state index contributed by atoms with van der Waals surface area (Å²) in [5.41, 5.74) is 7.84. The summed E-state index contributed by atoms with van der Waals surface area (Å²) in [6.45, 7) is 6.30. The van der Waals surface area contributed by atoms with Crippen molar-refractivity contribution < 1.29 is 5.94 Å². The zero-order valence-electron chi connectivity index (χ0n) is 16.9. The molecule has 4 aromatic rings. The lowest BCUT2D eigenvalue weighted by atomic mass is 9.99. The molecule has 3 aromatic carbocycles. The van der Waals surface area contributed by atoms with Gasteiger partial charge in [0.15, 0.2) is 5.69 Å². The third kappa shape index (κ3) is 2.23. The highest BCUT2D eigenvalue weighted by molar-refractivity contribution is 5.64. The smallest absolute Gasteiger partial charge is 0.192 e. The van der Waals surface area contributed by atoms with E-state index >= 15 is 0 Å². The van der Waals surface area contributed by atoms with Crippen LogP contribution in [0.4, 0.5) is 0 Å². The SMILES string of the molecule is [2H]C1(C)c2ccccc2-n2c1c(C)[n+](-c1ccccc1C)c2-c1ccccc1. The van der Waals surface area contributed by atoms with Crippen LogP contribution in [-0.4, -0.2) is 4.57 Å². The number of aryl methyl sites for hydroxylation is 1. The first-order valence-corrected chi connectivity index (χ1v) is 9.41. The molecule has 0 bridgehead atoms. The minimum atomic E-state index is -0.794. The molecule has 2 nitrogen and oxygen atoms in total. The zero-order valence-corrected chi connectivity index (χ0v) is 15.9. The van der Waals surface area contributed by atoms with E-state index in [0.29, 0.717) is 0 Å². The van der Waals surface area contributed by atoms with Gasteiger partial charge in [0.05, 0.1) is 11.5 Å². The van der Waals surface area contributed by atoms with Gasteiger partial charge in [0.25, 0.3) is 5.82 Å². The van der Waals surface area contributed by atoms with E-state index in [0.717, 1.165) is 39.7 Å². The first-order chi connectivity index (χ1) is 13.5. The number of benzene rings is 3. The fraction of sp³-hybridized carbons (Fsp3) is 0.160. The molecule has 1 unspecified atom stereocenters. The number of imidazole rings is 1. The summed E-state index contributed by atoms with van der Waals surface area (Å²) < 4.78 is 13.9. The molecule has 0 N–H and O–H groups in total. The van der Waals surface area contributed by atoms with E-state index < -0.39 is 5.89 Å². The Hall–Kier alpha value is -3.13. The fourth-order valence-corrected chi connectivity index (χ4v) is 4.37. The van der Waals surface area contributed by atoms with E-state index in [1.165, 1.54) is 5.56 Å². The first kappa shape index (κ1) is 15.0. The Morgan fingerprint density at radius 1 is 0.852 bits per heavy atom. The Labute approximate surface area is 161 Å². The van der Waals surface area contributed by atoms with E-state index in [1.54, 1.807) is 0 Å². The van der Waals surface area contributed by atoms with Gasteiger partial charge < -0.3 is 0 Å². The van der Waals surface area contributed by atoms with Crippen LogP contribution in [0.3, 0.4) is 0 Å². The lowest BCUT2D eigenvalue weighted by Gasteiger charge is -2.09. The molecule has 0 saturated heterocycles. The molecule has 0 spiro atoms. The molecular formula is C25H23N2+. The Kier molecular flexibility index (Phi) is 3.30. The van der Waals surface area contributed by atoms with Crippen LogP contribution in [0.25, 0.3) is 22.8 Å². The average molecular weight is 352 g/mol. The molecule has 1 aliphatic rings. The quantitative estimate of drug-likeness (QED) is 0.421. The molecule has 1 aliphatic heterocycles. The summed E-state index contributed by atoms with van der Waals surface area (Å²) in [6.07, 6.45) is 0. The monoisotopic (exact) mass is 352 g/mol. The van der Waals surface area contributed by atoms with Crippen molar-refractivity contribution in [2.75, 3.05) is 0 Å². The predicted molar refractivity (Wildman–Crippen MR) is 110 cm³/mol. The molecule has 27 heavy (non-hydrogen) atoms. The molecule has 132 valence electrons. The van der Waals surface area contributed by atoms with Crippen LogP contribution in [0, 0.1) is 13.8 Å². The number of nitrogens with zero attached hydrogens (tertiary/aromatic N) is 2. The predicted octanol–water partition coefficient (Wildman–Crippen LogP) is 5.50. The molecule has 0 saturated carbocycles. The number of hydrogen-bond donors (Lipinski definition) is 0. The van der Waals surface area contributed by atoms with E-state index in [2.05, 4.69) is 89.7 Å². The maximum absolute atomic E-state index is 9.25. The molecule has 0 radical (unpaired) electrons. The summed E-state index contributed by atoms with van der Waals surface area (Å²) in [7, 11) is 0. The van der Waals surface area contributed by atoms with Gasteiger partial charge >= 0.3 is 0 Å². The lowest BCUT2D eigenvalue weighted by molar-refractivity contribution is -0.590. The zero-order chi connectivity index (χ0) is 19.5. The van der Waals surface area contributed by atoms with E-state index in [9.17, 15) is 1.37 Å². The van der Waals surface area contributed by atoms with Gasteiger partial charge in [-0.05, 0) is 36.8 Å². The Morgan fingerprint density at radius 3 is 2.30 bits per heavy atom. The van der Waals surface area contributed by atoms with Crippen molar-refractivity contribution in [1.29, 1.82) is 0 Å². The van der Waals surface area contributed by atoms with Crippen LogP contribution in [0.2, 0.25) is 0 Å². The molecule has 0 aliphatic carbocycles. The fourth-order valence-electron chi connectivity index (χ4n) is 4.37. The second-order valence-corrected chi connectivity index (χ2v) is 7.22. The number of fused-ring (bicyclic) bond motifs is 3. The number of hydrogen-bond acceptors (Lipinski definition) is 0. The van der Waals surface area contributed by atoms with Crippen LogP contribution in [0.5, 0.6) is 0 Å². The number of aromatic nitrogens is 2.